The van der Waals surface area contributed by atoms with E-state index in [1.54, 1.807) is 13.3 Å². The fourth-order valence-electron chi connectivity index (χ4n) is 2.24. The Bertz CT molecular complexity index is 721. The highest BCUT2D eigenvalue weighted by molar-refractivity contribution is 5.76. The highest BCUT2D eigenvalue weighted by atomic mass is 16.5. The minimum Gasteiger partial charge on any atom is -0.497 e. The number of amides is 1. The van der Waals surface area contributed by atoms with Crippen LogP contribution in [0.3, 0.4) is 0 Å². The van der Waals surface area contributed by atoms with Gasteiger partial charge in [-0.3, -0.25) is 4.79 Å². The van der Waals surface area contributed by atoms with Gasteiger partial charge in [0.15, 0.2) is 0 Å². The number of ether oxygens (including phenoxy) is 2. The van der Waals surface area contributed by atoms with Crippen molar-refractivity contribution in [2.24, 2.45) is 11.3 Å². The molecule has 0 saturated heterocycles. The zero-order valence-electron chi connectivity index (χ0n) is 16.2. The number of carbonyl (C=O) groups excluding carboxylic acids is 1. The lowest BCUT2D eigenvalue weighted by Gasteiger charge is -2.26. The first kappa shape index (κ1) is 19.8. The van der Waals surface area contributed by atoms with Gasteiger partial charge in [0.2, 0.25) is 11.8 Å². The van der Waals surface area contributed by atoms with Gasteiger partial charge in [-0.25, -0.2) is 4.98 Å². The summed E-state index contributed by atoms with van der Waals surface area (Å²) >= 11 is 0. The lowest BCUT2D eigenvalue weighted by Crippen LogP contribution is -2.28. The smallest absolute Gasteiger partial charge is 0.220 e. The Balaban J connectivity index is 1.91. The van der Waals surface area contributed by atoms with Gasteiger partial charge < -0.3 is 14.8 Å². The molecule has 1 atom stereocenters. The third-order valence-electron chi connectivity index (χ3n) is 4.54. The van der Waals surface area contributed by atoms with Crippen molar-refractivity contribution in [2.45, 2.75) is 40.7 Å². The van der Waals surface area contributed by atoms with Crippen molar-refractivity contribution in [2.75, 3.05) is 7.11 Å². The lowest BCUT2D eigenvalue weighted by atomic mass is 9.80. The Labute approximate surface area is 155 Å². The van der Waals surface area contributed by atoms with Gasteiger partial charge in [-0.05, 0) is 47.2 Å². The van der Waals surface area contributed by atoms with Crippen molar-refractivity contribution in [1.82, 2.24) is 10.3 Å². The molecule has 5 heteroatoms. The minimum absolute atomic E-state index is 0.0573. The highest BCUT2D eigenvalue weighted by Gasteiger charge is 2.22. The van der Waals surface area contributed by atoms with E-state index in [0.29, 0.717) is 30.5 Å². The molecular formula is C21H28N2O3. The largest absolute Gasteiger partial charge is 0.497 e. The molecule has 140 valence electrons. The topological polar surface area (TPSA) is 60.5 Å². The quantitative estimate of drug-likeness (QED) is 0.789. The summed E-state index contributed by atoms with van der Waals surface area (Å²) in [5.41, 5.74) is 1.06. The van der Waals surface area contributed by atoms with Gasteiger partial charge in [0.25, 0.3) is 0 Å². The fourth-order valence-corrected chi connectivity index (χ4v) is 2.24. The van der Waals surface area contributed by atoms with Gasteiger partial charge in [0.1, 0.15) is 11.5 Å². The Morgan fingerprint density at radius 2 is 1.81 bits per heavy atom. The van der Waals surface area contributed by atoms with Crippen molar-refractivity contribution < 1.29 is 14.3 Å². The van der Waals surface area contributed by atoms with Crippen LogP contribution in [0.1, 0.15) is 39.7 Å². The zero-order valence-corrected chi connectivity index (χ0v) is 16.2. The van der Waals surface area contributed by atoms with Gasteiger partial charge in [-0.2, -0.15) is 0 Å². The number of benzene rings is 1. The monoisotopic (exact) mass is 356 g/mol. The second kappa shape index (κ2) is 8.70. The number of aromatic nitrogens is 1. The number of nitrogens with one attached hydrogen (secondary N) is 1. The van der Waals surface area contributed by atoms with Crippen molar-refractivity contribution in [3.8, 4) is 17.4 Å². The molecule has 26 heavy (non-hydrogen) atoms. The molecule has 2 rings (SSSR count). The molecule has 1 N–H and O–H groups in total. The summed E-state index contributed by atoms with van der Waals surface area (Å²) in [5, 5.41) is 2.97. The Morgan fingerprint density at radius 3 is 2.42 bits per heavy atom. The van der Waals surface area contributed by atoms with E-state index in [1.165, 1.54) is 0 Å². The number of hydrogen-bond acceptors (Lipinski definition) is 4. The Morgan fingerprint density at radius 1 is 1.15 bits per heavy atom. The van der Waals surface area contributed by atoms with Gasteiger partial charge in [-0.15, -0.1) is 0 Å². The first-order chi connectivity index (χ1) is 12.3. The number of nitrogens with zero attached hydrogens (tertiary/aromatic N) is 1. The molecule has 0 aliphatic heterocycles. The van der Waals surface area contributed by atoms with Crippen LogP contribution < -0.4 is 14.8 Å². The van der Waals surface area contributed by atoms with Crippen LogP contribution >= 0.6 is 0 Å². The maximum atomic E-state index is 12.1. The van der Waals surface area contributed by atoms with E-state index in [4.69, 9.17) is 9.47 Å². The van der Waals surface area contributed by atoms with E-state index in [0.717, 1.165) is 11.3 Å². The summed E-state index contributed by atoms with van der Waals surface area (Å²) in [7, 11) is 1.62. The van der Waals surface area contributed by atoms with Crippen molar-refractivity contribution >= 4 is 5.91 Å². The van der Waals surface area contributed by atoms with Crippen LogP contribution in [0, 0.1) is 11.3 Å². The van der Waals surface area contributed by atoms with Crippen LogP contribution in [-0.2, 0) is 11.3 Å². The highest BCUT2D eigenvalue weighted by Crippen LogP contribution is 2.28. The van der Waals surface area contributed by atoms with Crippen LogP contribution in [0.5, 0.6) is 17.4 Å². The third kappa shape index (κ3) is 6.06. The van der Waals surface area contributed by atoms with E-state index in [1.807, 2.05) is 36.4 Å². The molecule has 0 aliphatic rings. The molecule has 0 saturated carbocycles. The fraction of sp³-hybridized carbons (Fsp3) is 0.429. The summed E-state index contributed by atoms with van der Waals surface area (Å²) in [6.07, 6.45) is 2.20. The van der Waals surface area contributed by atoms with Gasteiger partial charge >= 0.3 is 0 Å². The summed E-state index contributed by atoms with van der Waals surface area (Å²) in [6.45, 7) is 9.01. The van der Waals surface area contributed by atoms with Crippen LogP contribution in [0.4, 0.5) is 0 Å². The molecule has 1 amide bonds. The second-order valence-electron chi connectivity index (χ2n) is 7.53. The van der Waals surface area contributed by atoms with Crippen molar-refractivity contribution in [3.05, 3.63) is 48.2 Å². The number of pyridine rings is 1. The number of rotatable bonds is 7. The lowest BCUT2D eigenvalue weighted by molar-refractivity contribution is -0.122. The van der Waals surface area contributed by atoms with E-state index in [9.17, 15) is 4.79 Å². The minimum atomic E-state index is 0.0573. The van der Waals surface area contributed by atoms with Crippen molar-refractivity contribution in [1.29, 1.82) is 0 Å². The van der Waals surface area contributed by atoms with Gasteiger partial charge in [-0.1, -0.05) is 27.7 Å². The molecule has 0 aliphatic carbocycles. The summed E-state index contributed by atoms with van der Waals surface area (Å²) in [4.78, 5) is 16.4. The third-order valence-corrected chi connectivity index (χ3v) is 4.54. The van der Waals surface area contributed by atoms with Crippen LogP contribution in [0.25, 0.3) is 0 Å². The van der Waals surface area contributed by atoms with E-state index in [2.05, 4.69) is 38.0 Å². The average molecular weight is 356 g/mol. The van der Waals surface area contributed by atoms with Crippen LogP contribution in [0.2, 0.25) is 0 Å². The first-order valence-corrected chi connectivity index (χ1v) is 8.81. The van der Waals surface area contributed by atoms with E-state index < -0.39 is 0 Å². The Kier molecular flexibility index (Phi) is 6.61. The van der Waals surface area contributed by atoms with E-state index in [-0.39, 0.29) is 11.3 Å². The van der Waals surface area contributed by atoms with Gasteiger partial charge in [0, 0.05) is 25.2 Å². The molecule has 0 bridgehead atoms. The van der Waals surface area contributed by atoms with Crippen LogP contribution in [-0.4, -0.2) is 18.0 Å². The molecule has 2 aromatic rings. The predicted octanol–water partition coefficient (Wildman–Crippen LogP) is 4.57. The molecule has 0 radical (unpaired) electrons. The molecule has 0 spiro atoms. The SMILES string of the molecule is COc1ccc(Oc2cc(CNC(=O)CC(C)C(C)(C)C)ccn2)cc1. The summed E-state index contributed by atoms with van der Waals surface area (Å²) in [6, 6.07) is 11.0. The number of hydrogen-bond donors (Lipinski definition) is 1. The molecule has 0 fully saturated rings. The van der Waals surface area contributed by atoms with Crippen LogP contribution in [0.15, 0.2) is 42.6 Å². The molecule has 1 aromatic heterocycles. The summed E-state index contributed by atoms with van der Waals surface area (Å²) in [5.74, 6) is 2.31. The second-order valence-corrected chi connectivity index (χ2v) is 7.53. The normalized spacial score (nSPS) is 12.3. The zero-order chi connectivity index (χ0) is 19.2. The standard InChI is InChI=1S/C21H28N2O3/c1-15(21(2,3)4)12-19(24)23-14-16-10-11-22-20(13-16)26-18-8-6-17(25-5)7-9-18/h6-11,13,15H,12,14H2,1-5H3,(H,23,24). The number of methoxy groups -OCH3 is 1. The maximum absolute atomic E-state index is 12.1. The molecule has 5 nitrogen and oxygen atoms in total. The first-order valence-electron chi connectivity index (χ1n) is 8.81. The summed E-state index contributed by atoms with van der Waals surface area (Å²) < 4.78 is 10.9. The van der Waals surface area contributed by atoms with E-state index >= 15 is 0 Å². The molecule has 1 aromatic carbocycles. The predicted molar refractivity (Wildman–Crippen MR) is 102 cm³/mol. The van der Waals surface area contributed by atoms with Gasteiger partial charge in [0.05, 0.1) is 7.11 Å². The maximum Gasteiger partial charge on any atom is 0.220 e. The number of carbonyl (C=O) groups is 1. The molecular weight excluding hydrogens is 328 g/mol. The van der Waals surface area contributed by atoms with Crippen molar-refractivity contribution in [3.63, 3.8) is 0 Å². The molecule has 1 unspecified atom stereocenters. The Hall–Kier alpha value is -2.56. The average Bonchev–Trinajstić information content (AvgIpc) is 2.60. The molecule has 1 heterocycles.